The number of aryl methyl sites for hydroxylation is 2. The molecule has 4 aromatic rings. The molecule has 6 rings (SSSR count). The molecule has 0 unspecified atom stereocenters. The molecule has 0 aliphatic carbocycles. The number of anilines is 2. The molecule has 0 atom stereocenters. The number of ether oxygens (including phenoxy) is 1. The van der Waals surface area contributed by atoms with Crippen LogP contribution in [0.3, 0.4) is 0 Å². The number of aromatic amines is 1. The van der Waals surface area contributed by atoms with Crippen molar-refractivity contribution in [2.45, 2.75) is 20.8 Å². The van der Waals surface area contributed by atoms with Gasteiger partial charge in [0.1, 0.15) is 11.5 Å². The lowest BCUT2D eigenvalue weighted by molar-refractivity contribution is -0.110. The van der Waals surface area contributed by atoms with Crippen LogP contribution < -0.4 is 15.4 Å². The average molecular weight is 588 g/mol. The predicted molar refractivity (Wildman–Crippen MR) is 177 cm³/mol. The first-order valence-corrected chi connectivity index (χ1v) is 14.8. The molecule has 2 amide bonds. The highest BCUT2D eigenvalue weighted by molar-refractivity contribution is 6.35. The van der Waals surface area contributed by atoms with Crippen molar-refractivity contribution in [3.05, 3.63) is 113 Å². The number of amides is 2. The Morgan fingerprint density at radius 1 is 0.955 bits per heavy atom. The summed E-state index contributed by atoms with van der Waals surface area (Å²) >= 11 is 0. The lowest BCUT2D eigenvalue weighted by Crippen LogP contribution is -2.43. The molecule has 2 aliphatic rings. The number of carbonyl (C=O) groups is 2. The second-order valence-corrected chi connectivity index (χ2v) is 11.6. The lowest BCUT2D eigenvalue weighted by Gasteiger charge is -2.35. The summed E-state index contributed by atoms with van der Waals surface area (Å²) < 4.78 is 6.12. The molecule has 0 spiro atoms. The van der Waals surface area contributed by atoms with Gasteiger partial charge in [0, 0.05) is 77.8 Å². The number of benzene rings is 3. The number of nitrogens with zero attached hydrogens (tertiary/aromatic N) is 2. The quantitative estimate of drug-likeness (QED) is 0.210. The zero-order valence-electron chi connectivity index (χ0n) is 25.6. The van der Waals surface area contributed by atoms with E-state index >= 15 is 0 Å². The molecule has 3 heterocycles. The first-order valence-electron chi connectivity index (χ1n) is 14.8. The third-order valence-electron chi connectivity index (χ3n) is 8.32. The third kappa shape index (κ3) is 5.89. The molecule has 224 valence electrons. The molecule has 0 bridgehead atoms. The Kier molecular flexibility index (Phi) is 7.84. The van der Waals surface area contributed by atoms with Crippen molar-refractivity contribution >= 4 is 40.5 Å². The topological polar surface area (TPSA) is 89.7 Å². The summed E-state index contributed by atoms with van der Waals surface area (Å²) in [4.78, 5) is 34.0. The number of fused-ring (bicyclic) bond motifs is 1. The van der Waals surface area contributed by atoms with E-state index in [0.717, 1.165) is 65.5 Å². The van der Waals surface area contributed by atoms with E-state index in [1.807, 2.05) is 67.6 Å². The molecular formula is C36H37N5O3. The van der Waals surface area contributed by atoms with E-state index in [-0.39, 0.29) is 11.8 Å². The van der Waals surface area contributed by atoms with Crippen LogP contribution in [0.25, 0.3) is 17.3 Å². The molecule has 2 aliphatic heterocycles. The first-order chi connectivity index (χ1) is 21.2. The van der Waals surface area contributed by atoms with Gasteiger partial charge in [0.05, 0.1) is 11.3 Å². The van der Waals surface area contributed by atoms with Gasteiger partial charge in [-0.2, -0.15) is 0 Å². The zero-order valence-corrected chi connectivity index (χ0v) is 25.6. The number of H-pyrrole nitrogens is 1. The highest BCUT2D eigenvalue weighted by atomic mass is 16.5. The van der Waals surface area contributed by atoms with E-state index in [4.69, 9.17) is 4.74 Å². The Bertz CT molecular complexity index is 1810. The molecule has 1 aromatic heterocycles. The molecule has 0 radical (unpaired) electrons. The minimum atomic E-state index is -0.186. The Hall–Kier alpha value is -5.08. The molecule has 1 fully saturated rings. The van der Waals surface area contributed by atoms with Crippen LogP contribution in [0.1, 0.15) is 44.0 Å². The maximum absolute atomic E-state index is 13.1. The van der Waals surface area contributed by atoms with Gasteiger partial charge in [-0.3, -0.25) is 9.59 Å². The van der Waals surface area contributed by atoms with Gasteiger partial charge in [-0.1, -0.05) is 30.3 Å². The van der Waals surface area contributed by atoms with Crippen molar-refractivity contribution in [2.24, 2.45) is 0 Å². The second kappa shape index (κ2) is 11.9. The predicted octanol–water partition coefficient (Wildman–Crippen LogP) is 6.70. The van der Waals surface area contributed by atoms with Crippen LogP contribution >= 0.6 is 0 Å². The first kappa shape index (κ1) is 29.0. The van der Waals surface area contributed by atoms with Gasteiger partial charge in [-0.05, 0) is 75.9 Å². The van der Waals surface area contributed by atoms with Gasteiger partial charge < -0.3 is 30.2 Å². The number of piperazine rings is 1. The molecule has 44 heavy (non-hydrogen) atoms. The van der Waals surface area contributed by atoms with E-state index in [0.29, 0.717) is 34.0 Å². The Morgan fingerprint density at radius 3 is 2.48 bits per heavy atom. The summed E-state index contributed by atoms with van der Waals surface area (Å²) in [5.41, 5.74) is 9.48. The Labute approximate surface area is 258 Å². The number of hydrogen-bond donors (Lipinski definition) is 3. The van der Waals surface area contributed by atoms with Crippen LogP contribution in [0.4, 0.5) is 11.4 Å². The van der Waals surface area contributed by atoms with E-state index in [1.54, 1.807) is 12.1 Å². The molecule has 1 saturated heterocycles. The lowest BCUT2D eigenvalue weighted by atomic mass is 10.0. The van der Waals surface area contributed by atoms with Crippen molar-refractivity contribution in [3.8, 4) is 11.5 Å². The molecule has 8 nitrogen and oxygen atoms in total. The van der Waals surface area contributed by atoms with Gasteiger partial charge in [0.15, 0.2) is 0 Å². The maximum atomic E-state index is 13.1. The van der Waals surface area contributed by atoms with Crippen molar-refractivity contribution in [3.63, 3.8) is 0 Å². The number of carbonyl (C=O) groups excluding carboxylic acids is 2. The Balaban J connectivity index is 1.19. The van der Waals surface area contributed by atoms with Crippen molar-refractivity contribution in [1.29, 1.82) is 0 Å². The fraction of sp³-hybridized carbons (Fsp3) is 0.222. The van der Waals surface area contributed by atoms with Crippen LogP contribution in [-0.2, 0) is 4.79 Å². The number of nitrogens with one attached hydrogen (secondary N) is 3. The molecule has 3 N–H and O–H groups in total. The Morgan fingerprint density at radius 2 is 1.70 bits per heavy atom. The minimum absolute atomic E-state index is 0.163. The molecule has 8 heteroatoms. The molecule has 3 aromatic carbocycles. The number of hydrogen-bond acceptors (Lipinski definition) is 5. The van der Waals surface area contributed by atoms with Crippen molar-refractivity contribution in [1.82, 2.24) is 14.8 Å². The van der Waals surface area contributed by atoms with Gasteiger partial charge in [0.25, 0.3) is 11.8 Å². The second-order valence-electron chi connectivity index (χ2n) is 11.6. The standard InChI is InChI=1S/C36H37N5O3/c1-22-8-6-9-26(18-22)35(42)38-27-10-7-11-28(19-27)44-29-12-13-30-31(36(43)39-33(30)20-29)21-32-23(2)34(24(3)37-32)25(4)41-16-14-40(5)15-17-41/h6-13,18-21,37H,4,14-17H2,1-3,5H3,(H,38,42)(H,39,43)/b31-21-. The SMILES string of the molecule is C=C(c1c(C)[nH]c(/C=C2\C(=O)Nc3cc(Oc4cccc(NC(=O)c5cccc(C)c5)c4)ccc32)c1C)N1CCN(C)CC1. The van der Waals surface area contributed by atoms with E-state index in [9.17, 15) is 9.59 Å². The van der Waals surface area contributed by atoms with E-state index < -0.39 is 0 Å². The van der Waals surface area contributed by atoms with Crippen LogP contribution in [0.5, 0.6) is 11.5 Å². The van der Waals surface area contributed by atoms with Crippen LogP contribution in [0, 0.1) is 20.8 Å². The average Bonchev–Trinajstić information content (AvgIpc) is 3.46. The fourth-order valence-electron chi connectivity index (χ4n) is 5.87. The number of rotatable bonds is 7. The molecule has 0 saturated carbocycles. The zero-order chi connectivity index (χ0) is 31.0. The highest BCUT2D eigenvalue weighted by Gasteiger charge is 2.27. The molecular weight excluding hydrogens is 550 g/mol. The summed E-state index contributed by atoms with van der Waals surface area (Å²) in [7, 11) is 2.14. The maximum Gasteiger partial charge on any atom is 0.256 e. The van der Waals surface area contributed by atoms with E-state index in [2.05, 4.69) is 52.9 Å². The number of aromatic nitrogens is 1. The summed E-state index contributed by atoms with van der Waals surface area (Å²) in [6.07, 6.45) is 1.92. The van der Waals surface area contributed by atoms with Crippen molar-refractivity contribution < 1.29 is 14.3 Å². The smallest absolute Gasteiger partial charge is 0.256 e. The summed E-state index contributed by atoms with van der Waals surface area (Å²) in [5, 5.41) is 5.91. The van der Waals surface area contributed by atoms with Gasteiger partial charge in [-0.25, -0.2) is 0 Å². The number of likely N-dealkylation sites (N-methyl/N-ethyl adjacent to an activating group) is 1. The van der Waals surface area contributed by atoms with Gasteiger partial charge >= 0.3 is 0 Å². The summed E-state index contributed by atoms with van der Waals surface area (Å²) in [6.45, 7) is 14.4. The van der Waals surface area contributed by atoms with Crippen LogP contribution in [-0.4, -0.2) is 59.8 Å². The van der Waals surface area contributed by atoms with Crippen LogP contribution in [0.2, 0.25) is 0 Å². The monoisotopic (exact) mass is 587 g/mol. The minimum Gasteiger partial charge on any atom is -0.457 e. The summed E-state index contributed by atoms with van der Waals surface area (Å²) in [6, 6.07) is 20.2. The van der Waals surface area contributed by atoms with Gasteiger partial charge in [0.2, 0.25) is 0 Å². The third-order valence-corrected chi connectivity index (χ3v) is 8.32. The van der Waals surface area contributed by atoms with Crippen molar-refractivity contribution in [2.75, 3.05) is 43.9 Å². The normalized spacial score (nSPS) is 15.7. The van der Waals surface area contributed by atoms with Gasteiger partial charge in [-0.15, -0.1) is 0 Å². The van der Waals surface area contributed by atoms with Crippen LogP contribution in [0.15, 0.2) is 73.3 Å². The van der Waals surface area contributed by atoms with E-state index in [1.165, 1.54) is 0 Å². The largest absolute Gasteiger partial charge is 0.457 e. The highest BCUT2D eigenvalue weighted by Crippen LogP contribution is 2.38. The fourth-order valence-corrected chi connectivity index (χ4v) is 5.87. The summed E-state index contributed by atoms with van der Waals surface area (Å²) in [5.74, 6) is 0.792.